The maximum Gasteiger partial charge on any atom is 0.283 e. The van der Waals surface area contributed by atoms with Crippen LogP contribution in [0.2, 0.25) is 5.02 Å². The van der Waals surface area contributed by atoms with Crippen LogP contribution in [0.15, 0.2) is 39.9 Å². The first kappa shape index (κ1) is 22.6. The molecule has 0 saturated heterocycles. The fraction of sp³-hybridized carbons (Fsp3) is 0.333. The zero-order valence-corrected chi connectivity index (χ0v) is 20.3. The van der Waals surface area contributed by atoms with Crippen LogP contribution in [0, 0.1) is 26.2 Å². The highest BCUT2D eigenvalue weighted by molar-refractivity contribution is 8.26. The fourth-order valence-electron chi connectivity index (χ4n) is 3.96. The van der Waals surface area contributed by atoms with Crippen molar-refractivity contribution in [1.29, 1.82) is 5.41 Å². The standard InChI is InChI=1S/C24H26ClN5OS/c1-5-6-7-11-21-28-30-22(26)18(23(31)27-24(30)32-21)13-17-12-14(2)29(16(17)4)20-10-8-9-19(25)15(20)3/h8-10,12-13,26H,5-7,11H2,1-4H3. The maximum absolute atomic E-state index is 12.8. The van der Waals surface area contributed by atoms with E-state index in [2.05, 4.69) is 21.6 Å². The Labute approximate surface area is 197 Å². The minimum atomic E-state index is -0.400. The van der Waals surface area contributed by atoms with Gasteiger partial charge in [0.25, 0.3) is 5.91 Å². The number of nitrogens with zero attached hydrogens (tertiary/aromatic N) is 4. The summed E-state index contributed by atoms with van der Waals surface area (Å²) < 4.78 is 2.12. The van der Waals surface area contributed by atoms with Crippen molar-refractivity contribution in [1.82, 2.24) is 9.58 Å². The Morgan fingerprint density at radius 1 is 1.22 bits per heavy atom. The van der Waals surface area contributed by atoms with Gasteiger partial charge in [0.15, 0.2) is 5.84 Å². The van der Waals surface area contributed by atoms with E-state index >= 15 is 0 Å². The number of amidine groups is 2. The Hall–Kier alpha value is -2.64. The van der Waals surface area contributed by atoms with Crippen LogP contribution in [0.4, 0.5) is 0 Å². The quantitative estimate of drug-likeness (QED) is 0.402. The SMILES string of the molecule is CCCCCC1=NN2C(=N)C(=Cc3cc(C)n(-c4cccc(Cl)c4C)c3C)C(=O)N=C2S1. The van der Waals surface area contributed by atoms with Gasteiger partial charge in [0.1, 0.15) is 5.04 Å². The average molecular weight is 468 g/mol. The predicted molar refractivity (Wildman–Crippen MR) is 134 cm³/mol. The van der Waals surface area contributed by atoms with Gasteiger partial charge in [0.2, 0.25) is 5.17 Å². The molecule has 8 heteroatoms. The van der Waals surface area contributed by atoms with E-state index in [1.807, 2.05) is 45.0 Å². The van der Waals surface area contributed by atoms with Crippen LogP contribution in [0.5, 0.6) is 0 Å². The van der Waals surface area contributed by atoms with E-state index in [1.165, 1.54) is 16.8 Å². The van der Waals surface area contributed by atoms with Gasteiger partial charge < -0.3 is 4.57 Å². The number of thioether (sulfide) groups is 1. The van der Waals surface area contributed by atoms with Crippen LogP contribution in [0.1, 0.15) is 55.1 Å². The van der Waals surface area contributed by atoms with E-state index < -0.39 is 5.91 Å². The number of halogens is 1. The summed E-state index contributed by atoms with van der Waals surface area (Å²) in [6, 6.07) is 7.85. The number of carbonyl (C=O) groups is 1. The van der Waals surface area contributed by atoms with Crippen LogP contribution in [0.25, 0.3) is 11.8 Å². The number of fused-ring (bicyclic) bond motifs is 1. The third kappa shape index (κ3) is 4.07. The van der Waals surface area contributed by atoms with E-state index in [0.29, 0.717) is 10.2 Å². The molecule has 0 aliphatic carbocycles. The third-order valence-electron chi connectivity index (χ3n) is 5.74. The molecular weight excluding hydrogens is 442 g/mol. The van der Waals surface area contributed by atoms with Gasteiger partial charge in [-0.2, -0.15) is 15.1 Å². The molecule has 0 unspecified atom stereocenters. The van der Waals surface area contributed by atoms with Crippen molar-refractivity contribution in [3.8, 4) is 5.69 Å². The molecule has 166 valence electrons. The summed E-state index contributed by atoms with van der Waals surface area (Å²) in [6.07, 6.45) is 5.90. The van der Waals surface area contributed by atoms with Gasteiger partial charge in [-0.15, -0.1) is 0 Å². The summed E-state index contributed by atoms with van der Waals surface area (Å²) in [6.45, 7) is 8.17. The molecule has 1 amide bonds. The number of hydrogen-bond acceptors (Lipinski definition) is 4. The number of carbonyl (C=O) groups excluding carboxylic acids is 1. The molecule has 0 radical (unpaired) electrons. The van der Waals surface area contributed by atoms with Crippen molar-refractivity contribution >= 4 is 51.4 Å². The summed E-state index contributed by atoms with van der Waals surface area (Å²) >= 11 is 7.73. The minimum Gasteiger partial charge on any atom is -0.318 e. The summed E-state index contributed by atoms with van der Waals surface area (Å²) in [4.78, 5) is 17.0. The average Bonchev–Trinajstić information content (AvgIpc) is 3.28. The minimum absolute atomic E-state index is 0.0710. The first-order valence-corrected chi connectivity index (χ1v) is 11.9. The zero-order valence-electron chi connectivity index (χ0n) is 18.7. The topological polar surface area (TPSA) is 73.8 Å². The molecule has 0 atom stereocenters. The number of aromatic nitrogens is 1. The van der Waals surface area contributed by atoms with Gasteiger partial charge in [-0.25, -0.2) is 0 Å². The first-order valence-electron chi connectivity index (χ1n) is 10.7. The van der Waals surface area contributed by atoms with Crippen LogP contribution in [0.3, 0.4) is 0 Å². The number of hydrogen-bond donors (Lipinski definition) is 1. The lowest BCUT2D eigenvalue weighted by Gasteiger charge is -2.20. The third-order valence-corrected chi connectivity index (χ3v) is 7.12. The van der Waals surface area contributed by atoms with Crippen molar-refractivity contribution in [2.24, 2.45) is 10.1 Å². The number of benzene rings is 1. The molecule has 0 saturated carbocycles. The summed E-state index contributed by atoms with van der Waals surface area (Å²) in [7, 11) is 0. The van der Waals surface area contributed by atoms with Crippen LogP contribution in [-0.2, 0) is 4.79 Å². The van der Waals surface area contributed by atoms with Gasteiger partial charge in [0.05, 0.1) is 5.57 Å². The Kier molecular flexibility index (Phi) is 6.40. The van der Waals surface area contributed by atoms with E-state index in [1.54, 1.807) is 6.08 Å². The summed E-state index contributed by atoms with van der Waals surface area (Å²) in [5.41, 5.74) is 5.09. The van der Waals surface area contributed by atoms with Crippen molar-refractivity contribution in [2.45, 2.75) is 53.4 Å². The van der Waals surface area contributed by atoms with Gasteiger partial charge in [-0.1, -0.05) is 37.4 Å². The number of aliphatic imine (C=N–C) groups is 1. The highest BCUT2D eigenvalue weighted by Crippen LogP contribution is 2.32. The molecule has 0 fully saturated rings. The van der Waals surface area contributed by atoms with Crippen LogP contribution < -0.4 is 0 Å². The predicted octanol–water partition coefficient (Wildman–Crippen LogP) is 6.26. The lowest BCUT2D eigenvalue weighted by atomic mass is 10.1. The molecule has 2 aliphatic rings. The second kappa shape index (κ2) is 9.08. The van der Waals surface area contributed by atoms with E-state index in [-0.39, 0.29) is 11.4 Å². The second-order valence-corrected chi connectivity index (χ2v) is 9.46. The monoisotopic (exact) mass is 467 g/mol. The van der Waals surface area contributed by atoms with Gasteiger partial charge in [-0.05, 0) is 80.8 Å². The Morgan fingerprint density at radius 3 is 2.75 bits per heavy atom. The molecule has 2 aromatic rings. The number of aryl methyl sites for hydroxylation is 1. The maximum atomic E-state index is 12.8. The molecular formula is C24H26ClN5OS. The Morgan fingerprint density at radius 2 is 2.00 bits per heavy atom. The van der Waals surface area contributed by atoms with Crippen LogP contribution in [-0.4, -0.2) is 31.5 Å². The van der Waals surface area contributed by atoms with E-state index in [0.717, 1.165) is 58.9 Å². The van der Waals surface area contributed by atoms with Crippen molar-refractivity contribution < 1.29 is 4.79 Å². The lowest BCUT2D eigenvalue weighted by Crippen LogP contribution is -2.35. The van der Waals surface area contributed by atoms with E-state index in [9.17, 15) is 4.79 Å². The van der Waals surface area contributed by atoms with Gasteiger partial charge >= 0.3 is 0 Å². The number of nitrogens with one attached hydrogen (secondary N) is 1. The molecule has 4 rings (SSSR count). The van der Waals surface area contributed by atoms with Crippen molar-refractivity contribution in [2.75, 3.05) is 0 Å². The molecule has 3 heterocycles. The molecule has 0 spiro atoms. The van der Waals surface area contributed by atoms with Crippen molar-refractivity contribution in [3.63, 3.8) is 0 Å². The van der Waals surface area contributed by atoms with E-state index in [4.69, 9.17) is 17.0 Å². The Bertz CT molecular complexity index is 1210. The molecule has 2 aliphatic heterocycles. The zero-order chi connectivity index (χ0) is 23.0. The number of hydrazone groups is 1. The molecule has 1 aromatic carbocycles. The number of rotatable bonds is 6. The van der Waals surface area contributed by atoms with Gasteiger partial charge in [0, 0.05) is 22.1 Å². The molecule has 6 nitrogen and oxygen atoms in total. The smallest absolute Gasteiger partial charge is 0.283 e. The largest absolute Gasteiger partial charge is 0.318 e. The lowest BCUT2D eigenvalue weighted by molar-refractivity contribution is -0.114. The Balaban J connectivity index is 1.67. The molecule has 1 aromatic heterocycles. The van der Waals surface area contributed by atoms with Gasteiger partial charge in [-0.3, -0.25) is 10.2 Å². The van der Waals surface area contributed by atoms with Crippen molar-refractivity contribution in [3.05, 3.63) is 57.4 Å². The number of unbranched alkanes of at least 4 members (excludes halogenated alkanes) is 2. The normalized spacial score (nSPS) is 17.2. The molecule has 0 bridgehead atoms. The molecule has 32 heavy (non-hydrogen) atoms. The second-order valence-electron chi connectivity index (χ2n) is 8.02. The highest BCUT2D eigenvalue weighted by Gasteiger charge is 2.35. The summed E-state index contributed by atoms with van der Waals surface area (Å²) in [5, 5.41) is 16.8. The van der Waals surface area contributed by atoms with Crippen LogP contribution >= 0.6 is 23.4 Å². The summed E-state index contributed by atoms with van der Waals surface area (Å²) in [5.74, 6) is -0.329. The highest BCUT2D eigenvalue weighted by atomic mass is 35.5. The molecule has 1 N–H and O–H groups in total. The number of amides is 1. The fourth-order valence-corrected chi connectivity index (χ4v) is 5.05. The first-order chi connectivity index (χ1) is 15.3.